The predicted octanol–water partition coefficient (Wildman–Crippen LogP) is 6.77. The summed E-state index contributed by atoms with van der Waals surface area (Å²) in [6.07, 6.45) is 7.18. The second kappa shape index (κ2) is 7.93. The third-order valence-electron chi connectivity index (χ3n) is 3.02. The van der Waals surface area contributed by atoms with Crippen molar-refractivity contribution in [3.8, 4) is 0 Å². The van der Waals surface area contributed by atoms with Crippen molar-refractivity contribution in [3.63, 3.8) is 0 Å². The number of rotatable bonds is 6. The quantitative estimate of drug-likeness (QED) is 0.486. The lowest BCUT2D eigenvalue weighted by Gasteiger charge is -2.23. The van der Waals surface area contributed by atoms with Crippen LogP contribution < -0.4 is 0 Å². The molecule has 0 unspecified atom stereocenters. The summed E-state index contributed by atoms with van der Waals surface area (Å²) in [6, 6.07) is 0. The molecule has 0 saturated carbocycles. The Kier molecular flexibility index (Phi) is 7.65. The fraction of sp³-hybridized carbons (Fsp3) is 0.579. The minimum absolute atomic E-state index is 0.163. The third-order valence-corrected chi connectivity index (χ3v) is 4.43. The highest BCUT2D eigenvalue weighted by Crippen LogP contribution is 2.35. The van der Waals surface area contributed by atoms with Gasteiger partial charge in [0.05, 0.1) is 0 Å². The standard InChI is InChI=1S/C19H32S/c1-10-11-12-17(15(2)13-18(4,5)6)14-20-16(3)19(7,8)9/h10-12H,1,3,13-14H2,2,4-9H3/b12-11-,17-15-. The molecule has 0 aliphatic heterocycles. The molecular weight excluding hydrogens is 260 g/mol. The van der Waals surface area contributed by atoms with Crippen LogP contribution in [0.1, 0.15) is 54.9 Å². The van der Waals surface area contributed by atoms with Gasteiger partial charge in [-0.25, -0.2) is 0 Å². The lowest BCUT2D eigenvalue weighted by molar-refractivity contribution is 0.408. The first-order valence-electron chi connectivity index (χ1n) is 7.27. The number of allylic oxidation sites excluding steroid dienone is 5. The van der Waals surface area contributed by atoms with Crippen LogP contribution in [-0.4, -0.2) is 5.75 Å². The normalized spacial score (nSPS) is 14.3. The smallest absolute Gasteiger partial charge is 0.0228 e. The lowest BCUT2D eigenvalue weighted by Crippen LogP contribution is -2.08. The largest absolute Gasteiger partial charge is 0.126 e. The molecular formula is C19H32S. The Balaban J connectivity index is 4.99. The van der Waals surface area contributed by atoms with E-state index in [-0.39, 0.29) is 5.41 Å². The van der Waals surface area contributed by atoms with Crippen LogP contribution in [0.2, 0.25) is 0 Å². The third kappa shape index (κ3) is 8.47. The predicted molar refractivity (Wildman–Crippen MR) is 97.2 cm³/mol. The molecule has 0 spiro atoms. The molecule has 0 heterocycles. The maximum absolute atomic E-state index is 4.21. The van der Waals surface area contributed by atoms with Crippen molar-refractivity contribution in [1.29, 1.82) is 0 Å². The van der Waals surface area contributed by atoms with E-state index in [1.165, 1.54) is 16.1 Å². The lowest BCUT2D eigenvalue weighted by atomic mass is 9.87. The molecule has 0 aromatic carbocycles. The second-order valence-corrected chi connectivity index (χ2v) is 8.67. The van der Waals surface area contributed by atoms with Gasteiger partial charge in [-0.3, -0.25) is 0 Å². The van der Waals surface area contributed by atoms with Gasteiger partial charge in [0.15, 0.2) is 0 Å². The van der Waals surface area contributed by atoms with E-state index >= 15 is 0 Å². The molecule has 0 aliphatic carbocycles. The minimum atomic E-state index is 0.163. The van der Waals surface area contributed by atoms with Gasteiger partial charge in [0.2, 0.25) is 0 Å². The Morgan fingerprint density at radius 3 is 2.05 bits per heavy atom. The molecule has 0 rings (SSSR count). The summed E-state index contributed by atoms with van der Waals surface area (Å²) in [6.45, 7) is 23.7. The molecule has 0 aliphatic rings. The zero-order chi connectivity index (χ0) is 16.0. The minimum Gasteiger partial charge on any atom is -0.126 e. The molecule has 0 aromatic rings. The van der Waals surface area contributed by atoms with Gasteiger partial charge in [0.25, 0.3) is 0 Å². The first-order valence-corrected chi connectivity index (χ1v) is 8.26. The van der Waals surface area contributed by atoms with E-state index in [1.807, 2.05) is 23.9 Å². The molecule has 0 N–H and O–H groups in total. The Labute approximate surface area is 131 Å². The molecule has 0 bridgehead atoms. The SMILES string of the molecule is C=C/C=C\C(CSC(=C)C(C)(C)C)=C(/C)CC(C)(C)C. The Hall–Kier alpha value is -0.690. The monoisotopic (exact) mass is 292 g/mol. The molecule has 114 valence electrons. The van der Waals surface area contributed by atoms with Crippen molar-refractivity contribution in [2.75, 3.05) is 5.75 Å². The van der Waals surface area contributed by atoms with Crippen LogP contribution in [0.25, 0.3) is 0 Å². The van der Waals surface area contributed by atoms with Crippen LogP contribution in [-0.2, 0) is 0 Å². The first-order chi connectivity index (χ1) is 8.97. The summed E-state index contributed by atoms with van der Waals surface area (Å²) in [4.78, 5) is 1.24. The molecule has 0 fully saturated rings. The summed E-state index contributed by atoms with van der Waals surface area (Å²) < 4.78 is 0. The van der Waals surface area contributed by atoms with E-state index in [9.17, 15) is 0 Å². The average molecular weight is 293 g/mol. The van der Waals surface area contributed by atoms with Crippen LogP contribution in [0.3, 0.4) is 0 Å². The van der Waals surface area contributed by atoms with Crippen LogP contribution in [0, 0.1) is 10.8 Å². The van der Waals surface area contributed by atoms with Gasteiger partial charge in [0, 0.05) is 5.75 Å². The summed E-state index contributed by atoms with van der Waals surface area (Å²) in [7, 11) is 0. The van der Waals surface area contributed by atoms with Crippen LogP contribution in [0.5, 0.6) is 0 Å². The molecule has 20 heavy (non-hydrogen) atoms. The zero-order valence-corrected chi connectivity index (χ0v) is 15.3. The van der Waals surface area contributed by atoms with Crippen molar-refractivity contribution in [3.05, 3.63) is 47.4 Å². The molecule has 0 atom stereocenters. The van der Waals surface area contributed by atoms with Crippen LogP contribution in [0.15, 0.2) is 47.4 Å². The summed E-state index contributed by atoms with van der Waals surface area (Å²) in [5.41, 5.74) is 3.35. The van der Waals surface area contributed by atoms with E-state index < -0.39 is 0 Å². The molecule has 1 heteroatoms. The Morgan fingerprint density at radius 1 is 1.10 bits per heavy atom. The molecule has 0 nitrogen and oxygen atoms in total. The van der Waals surface area contributed by atoms with Crippen molar-refractivity contribution in [2.45, 2.75) is 54.9 Å². The maximum Gasteiger partial charge on any atom is 0.0228 e. The van der Waals surface area contributed by atoms with Gasteiger partial charge >= 0.3 is 0 Å². The topological polar surface area (TPSA) is 0 Å². The van der Waals surface area contributed by atoms with E-state index in [0.717, 1.165) is 12.2 Å². The van der Waals surface area contributed by atoms with Crippen LogP contribution in [0.4, 0.5) is 0 Å². The summed E-state index contributed by atoms with van der Waals surface area (Å²) in [5.74, 6) is 0.988. The highest BCUT2D eigenvalue weighted by Gasteiger charge is 2.17. The van der Waals surface area contributed by atoms with Gasteiger partial charge in [-0.05, 0) is 34.7 Å². The average Bonchev–Trinajstić information content (AvgIpc) is 2.24. The number of hydrogen-bond donors (Lipinski definition) is 0. The Bertz CT molecular complexity index is 394. The van der Waals surface area contributed by atoms with Gasteiger partial charge in [-0.1, -0.05) is 78.5 Å². The fourth-order valence-electron chi connectivity index (χ4n) is 1.79. The van der Waals surface area contributed by atoms with Gasteiger partial charge in [-0.15, -0.1) is 11.8 Å². The highest BCUT2D eigenvalue weighted by molar-refractivity contribution is 8.03. The van der Waals surface area contributed by atoms with Gasteiger partial charge in [-0.2, -0.15) is 0 Å². The van der Waals surface area contributed by atoms with Crippen molar-refractivity contribution in [1.82, 2.24) is 0 Å². The van der Waals surface area contributed by atoms with Gasteiger partial charge in [0.1, 0.15) is 0 Å². The van der Waals surface area contributed by atoms with Crippen molar-refractivity contribution >= 4 is 11.8 Å². The van der Waals surface area contributed by atoms with E-state index in [2.05, 4.69) is 67.7 Å². The van der Waals surface area contributed by atoms with E-state index in [4.69, 9.17) is 0 Å². The van der Waals surface area contributed by atoms with Crippen LogP contribution >= 0.6 is 11.8 Å². The highest BCUT2D eigenvalue weighted by atomic mass is 32.2. The van der Waals surface area contributed by atoms with E-state index in [1.54, 1.807) is 0 Å². The molecule has 0 aromatic heterocycles. The zero-order valence-electron chi connectivity index (χ0n) is 14.5. The number of thioether (sulfide) groups is 1. The summed E-state index contributed by atoms with van der Waals surface area (Å²) >= 11 is 1.86. The summed E-state index contributed by atoms with van der Waals surface area (Å²) in [5, 5.41) is 0. The fourth-order valence-corrected chi connectivity index (χ4v) is 2.89. The molecule has 0 amide bonds. The number of hydrogen-bond acceptors (Lipinski definition) is 1. The van der Waals surface area contributed by atoms with Crippen molar-refractivity contribution < 1.29 is 0 Å². The molecule has 0 saturated heterocycles. The Morgan fingerprint density at radius 2 is 1.65 bits per heavy atom. The van der Waals surface area contributed by atoms with Gasteiger partial charge < -0.3 is 0 Å². The van der Waals surface area contributed by atoms with E-state index in [0.29, 0.717) is 5.41 Å². The second-order valence-electron chi connectivity index (χ2n) is 7.60. The molecule has 0 radical (unpaired) electrons. The first kappa shape index (κ1) is 19.3. The van der Waals surface area contributed by atoms with Crippen molar-refractivity contribution in [2.24, 2.45) is 10.8 Å². The maximum atomic E-state index is 4.21.